The molecule has 0 spiro atoms. The number of benzene rings is 1. The molecule has 1 aliphatic carbocycles. The summed E-state index contributed by atoms with van der Waals surface area (Å²) in [5, 5.41) is 9.87. The summed E-state index contributed by atoms with van der Waals surface area (Å²) in [7, 11) is 4.02. The van der Waals surface area contributed by atoms with Crippen LogP contribution in [0.25, 0.3) is 10.9 Å². The minimum Gasteiger partial charge on any atom is -0.346 e. The summed E-state index contributed by atoms with van der Waals surface area (Å²) in [6.45, 7) is 1.71. The van der Waals surface area contributed by atoms with Crippen LogP contribution in [0.2, 0.25) is 0 Å². The number of rotatable bonds is 5. The van der Waals surface area contributed by atoms with E-state index in [1.807, 2.05) is 44.6 Å². The highest BCUT2D eigenvalue weighted by Crippen LogP contribution is 2.36. The monoisotopic (exact) mass is 419 g/mol. The smallest absolute Gasteiger partial charge is 0.346 e. The third-order valence-electron chi connectivity index (χ3n) is 5.61. The van der Waals surface area contributed by atoms with Crippen LogP contribution < -0.4 is 5.32 Å². The number of aromatic nitrogens is 3. The van der Waals surface area contributed by atoms with Gasteiger partial charge in [0.2, 0.25) is 5.91 Å². The van der Waals surface area contributed by atoms with Gasteiger partial charge in [-0.2, -0.15) is 18.3 Å². The number of H-pyrrole nitrogens is 1. The molecule has 160 valence electrons. The van der Waals surface area contributed by atoms with Crippen LogP contribution in [0.3, 0.4) is 0 Å². The van der Waals surface area contributed by atoms with Crippen molar-refractivity contribution >= 4 is 22.5 Å². The third-order valence-corrected chi connectivity index (χ3v) is 5.61. The molecule has 2 aromatic heterocycles. The molecule has 0 aliphatic heterocycles. The predicted molar refractivity (Wildman–Crippen MR) is 108 cm³/mol. The average Bonchev–Trinajstić information content (AvgIpc) is 3.29. The van der Waals surface area contributed by atoms with E-state index in [9.17, 15) is 18.0 Å². The molecule has 0 saturated carbocycles. The number of fused-ring (bicyclic) bond motifs is 2. The summed E-state index contributed by atoms with van der Waals surface area (Å²) in [4.78, 5) is 14.9. The average molecular weight is 419 g/mol. The Morgan fingerprint density at radius 2 is 2.13 bits per heavy atom. The first-order valence-electron chi connectivity index (χ1n) is 9.90. The molecule has 2 N–H and O–H groups in total. The van der Waals surface area contributed by atoms with Gasteiger partial charge < -0.3 is 14.8 Å². The Morgan fingerprint density at radius 1 is 1.33 bits per heavy atom. The quantitative estimate of drug-likeness (QED) is 0.663. The van der Waals surface area contributed by atoms with Crippen molar-refractivity contribution < 1.29 is 18.0 Å². The van der Waals surface area contributed by atoms with E-state index in [1.54, 1.807) is 0 Å². The summed E-state index contributed by atoms with van der Waals surface area (Å²) in [5.41, 5.74) is 1.34. The summed E-state index contributed by atoms with van der Waals surface area (Å²) >= 11 is 0. The summed E-state index contributed by atoms with van der Waals surface area (Å²) < 4.78 is 41.6. The van der Waals surface area contributed by atoms with Gasteiger partial charge in [0, 0.05) is 42.1 Å². The van der Waals surface area contributed by atoms with Crippen LogP contribution in [-0.4, -0.2) is 46.2 Å². The second-order valence-electron chi connectivity index (χ2n) is 8.04. The molecule has 1 aromatic carbocycles. The van der Waals surface area contributed by atoms with Crippen LogP contribution in [0.15, 0.2) is 30.5 Å². The van der Waals surface area contributed by atoms with Crippen molar-refractivity contribution in [3.05, 3.63) is 47.4 Å². The maximum absolute atomic E-state index is 13.2. The molecule has 3 aromatic rings. The van der Waals surface area contributed by atoms with Gasteiger partial charge in [0.1, 0.15) is 0 Å². The van der Waals surface area contributed by atoms with Crippen molar-refractivity contribution in [1.82, 2.24) is 19.7 Å². The molecule has 30 heavy (non-hydrogen) atoms. The van der Waals surface area contributed by atoms with Crippen molar-refractivity contribution in [1.29, 1.82) is 0 Å². The maximum atomic E-state index is 13.2. The number of carbonyl (C=O) groups excluding carboxylic acids is 1. The number of hydrogen-bond donors (Lipinski definition) is 2. The van der Waals surface area contributed by atoms with E-state index in [-0.39, 0.29) is 17.9 Å². The van der Waals surface area contributed by atoms with E-state index in [0.29, 0.717) is 24.2 Å². The van der Waals surface area contributed by atoms with Gasteiger partial charge in [0.25, 0.3) is 0 Å². The van der Waals surface area contributed by atoms with E-state index < -0.39 is 17.8 Å². The highest BCUT2D eigenvalue weighted by Gasteiger charge is 2.40. The molecule has 0 bridgehead atoms. The Kier molecular flexibility index (Phi) is 5.31. The molecule has 0 radical (unpaired) electrons. The highest BCUT2D eigenvalue weighted by atomic mass is 19.4. The Morgan fingerprint density at radius 3 is 2.87 bits per heavy atom. The fraction of sp³-hybridized carbons (Fsp3) is 0.429. The molecule has 0 saturated heterocycles. The molecule has 4 rings (SSSR count). The first-order chi connectivity index (χ1) is 14.2. The van der Waals surface area contributed by atoms with E-state index in [4.69, 9.17) is 0 Å². The fourth-order valence-electron chi connectivity index (χ4n) is 3.96. The van der Waals surface area contributed by atoms with E-state index >= 15 is 0 Å². The minimum absolute atomic E-state index is 0.0357. The van der Waals surface area contributed by atoms with Crippen molar-refractivity contribution in [2.45, 2.75) is 32.0 Å². The largest absolute Gasteiger partial charge is 0.435 e. The maximum Gasteiger partial charge on any atom is 0.435 e. The molecule has 1 amide bonds. The lowest BCUT2D eigenvalue weighted by Crippen LogP contribution is -2.29. The van der Waals surface area contributed by atoms with Crippen LogP contribution >= 0.6 is 0 Å². The lowest BCUT2D eigenvalue weighted by molar-refractivity contribution is -0.142. The zero-order valence-corrected chi connectivity index (χ0v) is 16.9. The first kappa shape index (κ1) is 20.5. The number of nitrogens with one attached hydrogen (secondary N) is 2. The van der Waals surface area contributed by atoms with E-state index in [2.05, 4.69) is 25.0 Å². The van der Waals surface area contributed by atoms with Gasteiger partial charge >= 0.3 is 6.18 Å². The number of nitrogens with zero attached hydrogens (tertiary/aromatic N) is 3. The SMILES string of the molecule is CN(C)CCn1ccc2ccc(NC(=O)C3CCc4[nH]nc(C(F)(F)F)c4C3)cc21. The number of hydrogen-bond acceptors (Lipinski definition) is 3. The van der Waals surface area contributed by atoms with Gasteiger partial charge in [-0.15, -0.1) is 0 Å². The van der Waals surface area contributed by atoms with Crippen molar-refractivity contribution in [3.63, 3.8) is 0 Å². The zero-order chi connectivity index (χ0) is 21.5. The number of likely N-dealkylation sites (N-methyl/N-ethyl adjacent to an activating group) is 1. The highest BCUT2D eigenvalue weighted by molar-refractivity contribution is 5.95. The van der Waals surface area contributed by atoms with Crippen LogP contribution in [0, 0.1) is 5.92 Å². The van der Waals surface area contributed by atoms with Gasteiger partial charge in [-0.1, -0.05) is 6.07 Å². The molecule has 1 unspecified atom stereocenters. The van der Waals surface area contributed by atoms with Crippen LogP contribution in [-0.2, 0) is 30.4 Å². The Hall–Kier alpha value is -2.81. The lowest BCUT2D eigenvalue weighted by atomic mass is 9.85. The third kappa shape index (κ3) is 4.07. The van der Waals surface area contributed by atoms with Crippen molar-refractivity contribution in [3.8, 4) is 0 Å². The zero-order valence-electron chi connectivity index (χ0n) is 16.9. The minimum atomic E-state index is -4.52. The number of carbonyl (C=O) groups is 1. The topological polar surface area (TPSA) is 65.9 Å². The second kappa shape index (κ2) is 7.79. The van der Waals surface area contributed by atoms with Crippen LogP contribution in [0.1, 0.15) is 23.4 Å². The molecule has 1 atom stereocenters. The Labute approximate surface area is 172 Å². The fourth-order valence-corrected chi connectivity index (χ4v) is 3.96. The second-order valence-corrected chi connectivity index (χ2v) is 8.04. The normalized spacial score (nSPS) is 16.8. The standard InChI is InChI=1S/C21H24F3N5O/c1-28(2)9-10-29-8-7-13-3-5-15(12-18(13)29)25-20(30)14-4-6-17-16(11-14)19(27-26-17)21(22,23)24/h3,5,7-8,12,14H,4,6,9-11H2,1-2H3,(H,25,30)(H,26,27). The van der Waals surface area contributed by atoms with Gasteiger partial charge in [0.05, 0.1) is 5.52 Å². The Bertz CT molecular complexity index is 1070. The number of halogens is 3. The number of alkyl halides is 3. The molecule has 9 heteroatoms. The molecule has 2 heterocycles. The number of amides is 1. The summed E-state index contributed by atoms with van der Waals surface area (Å²) in [5.74, 6) is -0.784. The molecular weight excluding hydrogens is 395 g/mol. The number of anilines is 1. The first-order valence-corrected chi connectivity index (χ1v) is 9.90. The Balaban J connectivity index is 1.50. The van der Waals surface area contributed by atoms with Gasteiger partial charge in [-0.25, -0.2) is 0 Å². The van der Waals surface area contributed by atoms with Gasteiger partial charge in [-0.3, -0.25) is 9.89 Å². The van der Waals surface area contributed by atoms with Crippen LogP contribution in [0.4, 0.5) is 18.9 Å². The van der Waals surface area contributed by atoms with Crippen LogP contribution in [0.5, 0.6) is 0 Å². The number of aromatic amines is 1. The summed E-state index contributed by atoms with van der Waals surface area (Å²) in [6, 6.07) is 7.70. The summed E-state index contributed by atoms with van der Waals surface area (Å²) in [6.07, 6.45) is -1.61. The molecule has 6 nitrogen and oxygen atoms in total. The predicted octanol–water partition coefficient (Wildman–Crippen LogP) is 3.69. The molecular formula is C21H24F3N5O. The molecule has 1 aliphatic rings. The van der Waals surface area contributed by atoms with E-state index in [0.717, 1.165) is 24.0 Å². The number of aryl methyl sites for hydroxylation is 1. The van der Waals surface area contributed by atoms with Crippen molar-refractivity contribution in [2.75, 3.05) is 26.0 Å². The van der Waals surface area contributed by atoms with Gasteiger partial charge in [0.15, 0.2) is 5.69 Å². The van der Waals surface area contributed by atoms with Crippen molar-refractivity contribution in [2.24, 2.45) is 5.92 Å². The molecule has 0 fully saturated rings. The lowest BCUT2D eigenvalue weighted by Gasteiger charge is -2.22. The van der Waals surface area contributed by atoms with E-state index in [1.165, 1.54) is 0 Å². The van der Waals surface area contributed by atoms with Gasteiger partial charge in [-0.05, 0) is 56.9 Å².